The van der Waals surface area contributed by atoms with E-state index in [0.717, 1.165) is 23.2 Å². The van der Waals surface area contributed by atoms with Crippen LogP contribution in [0.3, 0.4) is 0 Å². The predicted octanol–water partition coefficient (Wildman–Crippen LogP) is 7.77. The maximum Gasteiger partial charge on any atom is 0.0984 e. The first kappa shape index (κ1) is 26.9. The van der Waals surface area contributed by atoms with Crippen molar-refractivity contribution < 1.29 is 20.1 Å². The molecule has 6 aromatic rings. The topological polar surface area (TPSA) is 73.4 Å². The fourth-order valence-corrected chi connectivity index (χ4v) is 5.25. The van der Waals surface area contributed by atoms with Crippen molar-refractivity contribution in [3.63, 3.8) is 0 Å². The summed E-state index contributed by atoms with van der Waals surface area (Å²) in [6.07, 6.45) is 4.49. The van der Waals surface area contributed by atoms with Crippen LogP contribution in [0, 0.1) is 34.8 Å². The molecule has 0 amide bonds. The first-order valence-corrected chi connectivity index (χ1v) is 12.6. The van der Waals surface area contributed by atoms with Crippen LogP contribution >= 0.6 is 11.3 Å². The van der Waals surface area contributed by atoms with Gasteiger partial charge in [0.05, 0.1) is 12.1 Å². The summed E-state index contributed by atoms with van der Waals surface area (Å²) in [4.78, 5) is 8.69. The van der Waals surface area contributed by atoms with Gasteiger partial charge in [0.1, 0.15) is 0 Å². The van der Waals surface area contributed by atoms with E-state index in [9.17, 15) is 0 Å². The van der Waals surface area contributed by atoms with E-state index in [1.165, 1.54) is 25.7 Å². The second-order valence-corrected chi connectivity index (χ2v) is 9.29. The van der Waals surface area contributed by atoms with Gasteiger partial charge >= 0.3 is 0 Å². The number of rotatable bonds is 3. The van der Waals surface area contributed by atoms with Crippen molar-refractivity contribution in [2.24, 2.45) is 0 Å². The van der Waals surface area contributed by atoms with Gasteiger partial charge in [-0.05, 0) is 51.7 Å². The van der Waals surface area contributed by atoms with Crippen LogP contribution in [0.2, 0.25) is 0 Å². The molecule has 3 aromatic carbocycles. The van der Waals surface area contributed by atoms with Crippen LogP contribution in [-0.2, 0) is 26.5 Å². The molecule has 0 aliphatic carbocycles. The van der Waals surface area contributed by atoms with Crippen LogP contribution in [0.4, 0.5) is 0 Å². The zero-order valence-electron chi connectivity index (χ0n) is 20.4. The molecule has 38 heavy (non-hydrogen) atoms. The van der Waals surface area contributed by atoms with Gasteiger partial charge in [-0.3, -0.25) is 0 Å². The van der Waals surface area contributed by atoms with Crippen LogP contribution in [0.5, 0.6) is 0 Å². The normalized spacial score (nSPS) is 10.1. The maximum atomic E-state index is 8.77. The van der Waals surface area contributed by atoms with Gasteiger partial charge in [-0.2, -0.15) is 21.9 Å². The number of benzene rings is 3. The number of hydrogen-bond donors (Lipinski definition) is 0. The van der Waals surface area contributed by atoms with Crippen molar-refractivity contribution >= 4 is 31.5 Å². The molecular weight excluding hydrogens is 665 g/mol. The molecule has 0 aliphatic rings. The summed E-state index contributed by atoms with van der Waals surface area (Å²) in [5.74, 6) is 0. The molecule has 3 heterocycles. The molecule has 0 saturated carbocycles. The number of thiophene rings is 1. The second-order valence-electron chi connectivity index (χ2n) is 8.24. The third-order valence-corrected chi connectivity index (χ3v) is 7.13. The number of pyridine rings is 2. The molecular formula is C32H20IrN4S-2. The molecule has 0 unspecified atom stereocenters. The Balaban J connectivity index is 0.000000179. The van der Waals surface area contributed by atoms with Crippen LogP contribution in [-0.4, -0.2) is 9.97 Å². The maximum absolute atomic E-state index is 8.77. The molecule has 0 spiro atoms. The number of nitriles is 2. The standard InChI is InChI=1S/C19H14NS.C13H6N3.Ir/c1-2-13-10-11-20-17(12-13)16-8-5-7-15-14-6-3-4-9-18(14)21-19(15)16;14-8-10-2-1-3-12(6-10)13-7-11(9-15)4-5-16-13;/h3-7,9-12H,2H2,1H3;1-2,4-7H;/q2*-1;. The molecule has 0 fully saturated rings. The monoisotopic (exact) mass is 685 g/mol. The molecule has 0 atom stereocenters. The summed E-state index contributed by atoms with van der Waals surface area (Å²) in [5, 5.41) is 20.2. The van der Waals surface area contributed by atoms with Gasteiger partial charge in [0.25, 0.3) is 0 Å². The minimum atomic E-state index is 0. The van der Waals surface area contributed by atoms with E-state index < -0.39 is 0 Å². The molecule has 6 heteroatoms. The average Bonchev–Trinajstić information content (AvgIpc) is 3.36. The molecule has 6 rings (SSSR count). The minimum absolute atomic E-state index is 0. The van der Waals surface area contributed by atoms with E-state index in [0.29, 0.717) is 16.8 Å². The predicted molar refractivity (Wildman–Crippen MR) is 149 cm³/mol. The molecule has 0 saturated heterocycles. The molecule has 185 valence electrons. The number of fused-ring (bicyclic) bond motifs is 3. The molecule has 4 nitrogen and oxygen atoms in total. The Labute approximate surface area is 239 Å². The zero-order chi connectivity index (χ0) is 25.6. The summed E-state index contributed by atoms with van der Waals surface area (Å²) in [7, 11) is 0. The summed E-state index contributed by atoms with van der Waals surface area (Å²) in [5.41, 5.74) is 5.91. The van der Waals surface area contributed by atoms with Crippen LogP contribution in [0.15, 0.2) is 91.3 Å². The van der Waals surface area contributed by atoms with Crippen LogP contribution in [0.1, 0.15) is 23.6 Å². The van der Waals surface area contributed by atoms with Gasteiger partial charge in [-0.15, -0.1) is 53.6 Å². The Hall–Kier alpha value is -4.19. The zero-order valence-corrected chi connectivity index (χ0v) is 23.6. The van der Waals surface area contributed by atoms with Gasteiger partial charge < -0.3 is 9.97 Å². The Bertz CT molecular complexity index is 1760. The fraction of sp³-hybridized carbons (Fsp3) is 0.0625. The van der Waals surface area contributed by atoms with Gasteiger partial charge in [-0.25, -0.2) is 0 Å². The van der Waals surface area contributed by atoms with Crippen molar-refractivity contribution in [3.05, 3.63) is 120 Å². The van der Waals surface area contributed by atoms with Crippen molar-refractivity contribution in [2.75, 3.05) is 0 Å². The quantitative estimate of drug-likeness (QED) is 0.179. The average molecular weight is 685 g/mol. The molecule has 0 bridgehead atoms. The summed E-state index contributed by atoms with van der Waals surface area (Å²) in [6.45, 7) is 2.17. The van der Waals surface area contributed by atoms with E-state index in [1.54, 1.807) is 36.5 Å². The SMILES string of the molecule is CCc1ccnc(-c2[c-]ccc3c2sc2ccccc23)c1.N#Cc1cc[c-]c(-c2cc(C#N)ccn2)c1.[Ir]. The number of aryl methyl sites for hydroxylation is 1. The van der Waals surface area contributed by atoms with E-state index in [2.05, 4.69) is 77.6 Å². The Morgan fingerprint density at radius 3 is 2.34 bits per heavy atom. The van der Waals surface area contributed by atoms with Gasteiger partial charge in [-0.1, -0.05) is 48.2 Å². The Morgan fingerprint density at radius 1 is 0.789 bits per heavy atom. The van der Waals surface area contributed by atoms with E-state index >= 15 is 0 Å². The molecule has 0 N–H and O–H groups in total. The van der Waals surface area contributed by atoms with Gasteiger partial charge in [0.15, 0.2) is 0 Å². The van der Waals surface area contributed by atoms with Gasteiger partial charge in [0.2, 0.25) is 0 Å². The Morgan fingerprint density at radius 2 is 1.53 bits per heavy atom. The number of hydrogen-bond acceptors (Lipinski definition) is 5. The van der Waals surface area contributed by atoms with E-state index in [4.69, 9.17) is 10.5 Å². The summed E-state index contributed by atoms with van der Waals surface area (Å²) in [6, 6.07) is 35.8. The van der Waals surface area contributed by atoms with Crippen molar-refractivity contribution in [1.82, 2.24) is 9.97 Å². The summed E-state index contributed by atoms with van der Waals surface area (Å²) >= 11 is 1.83. The minimum Gasteiger partial charge on any atom is -0.305 e. The van der Waals surface area contributed by atoms with E-state index in [-0.39, 0.29) is 20.1 Å². The second kappa shape index (κ2) is 12.4. The third-order valence-electron chi connectivity index (χ3n) is 5.92. The molecule has 3 aromatic heterocycles. The van der Waals surface area contributed by atoms with E-state index in [1.807, 2.05) is 29.7 Å². The number of nitrogens with zero attached hydrogens (tertiary/aromatic N) is 4. The smallest absolute Gasteiger partial charge is 0.0984 e. The first-order valence-electron chi connectivity index (χ1n) is 11.8. The van der Waals surface area contributed by atoms with Crippen molar-refractivity contribution in [2.45, 2.75) is 13.3 Å². The third kappa shape index (κ3) is 5.70. The first-order chi connectivity index (χ1) is 18.2. The Kier molecular flexibility index (Phi) is 8.74. The fourth-order valence-electron chi connectivity index (χ4n) is 4.04. The molecule has 1 radical (unpaired) electrons. The van der Waals surface area contributed by atoms with Gasteiger partial charge in [0, 0.05) is 42.8 Å². The number of aromatic nitrogens is 2. The molecule has 0 aliphatic heterocycles. The van der Waals surface area contributed by atoms with Crippen LogP contribution < -0.4 is 0 Å². The van der Waals surface area contributed by atoms with Crippen LogP contribution in [0.25, 0.3) is 42.7 Å². The van der Waals surface area contributed by atoms with Crippen molar-refractivity contribution in [3.8, 4) is 34.7 Å². The largest absolute Gasteiger partial charge is 0.305 e. The van der Waals surface area contributed by atoms with Crippen molar-refractivity contribution in [1.29, 1.82) is 10.5 Å². The summed E-state index contributed by atoms with van der Waals surface area (Å²) < 4.78 is 2.60.